The smallest absolute Gasteiger partial charge is 0.223 e. The first-order chi connectivity index (χ1) is 13.9. The minimum Gasteiger partial charge on any atom is -0.338 e. The monoisotopic (exact) mass is 387 g/mol. The number of aromatic nitrogens is 2. The Kier molecular flexibility index (Phi) is 5.27. The second kappa shape index (κ2) is 7.86. The van der Waals surface area contributed by atoms with Crippen LogP contribution in [0.4, 0.5) is 0 Å². The minimum absolute atomic E-state index is 0.0362. The van der Waals surface area contributed by atoms with E-state index in [1.165, 1.54) is 22.4 Å². The summed E-state index contributed by atoms with van der Waals surface area (Å²) < 4.78 is 2.11. The molecule has 4 heteroatoms. The summed E-state index contributed by atoms with van der Waals surface area (Å²) in [6.45, 7) is 7.91. The van der Waals surface area contributed by atoms with Gasteiger partial charge < -0.3 is 4.90 Å². The Balaban J connectivity index is 1.54. The van der Waals surface area contributed by atoms with Gasteiger partial charge in [-0.15, -0.1) is 0 Å². The predicted molar refractivity (Wildman–Crippen MR) is 116 cm³/mol. The van der Waals surface area contributed by atoms with Gasteiger partial charge in [-0.1, -0.05) is 60.7 Å². The number of hydrogen-bond acceptors (Lipinski definition) is 2. The maximum Gasteiger partial charge on any atom is 0.223 e. The lowest BCUT2D eigenvalue weighted by atomic mass is 9.88. The number of carbonyl (C=O) groups is 1. The third kappa shape index (κ3) is 4.12. The minimum atomic E-state index is -0.0362. The van der Waals surface area contributed by atoms with Crippen LogP contribution in [0.25, 0.3) is 0 Å². The van der Waals surface area contributed by atoms with Crippen LogP contribution in [0.3, 0.4) is 0 Å². The van der Waals surface area contributed by atoms with Crippen molar-refractivity contribution in [3.05, 3.63) is 89.2 Å². The molecule has 1 aliphatic rings. The molecule has 0 atom stereocenters. The van der Waals surface area contributed by atoms with Crippen LogP contribution in [0, 0.1) is 0 Å². The third-order valence-corrected chi connectivity index (χ3v) is 5.71. The number of hydrogen-bond donors (Lipinski definition) is 0. The van der Waals surface area contributed by atoms with Crippen LogP contribution < -0.4 is 0 Å². The van der Waals surface area contributed by atoms with Crippen molar-refractivity contribution in [2.45, 2.75) is 51.6 Å². The van der Waals surface area contributed by atoms with Crippen LogP contribution in [-0.2, 0) is 23.3 Å². The summed E-state index contributed by atoms with van der Waals surface area (Å²) in [6, 6.07) is 20.7. The first kappa shape index (κ1) is 19.4. The molecular formula is C25H29N3O. The van der Waals surface area contributed by atoms with Crippen molar-refractivity contribution in [1.29, 1.82) is 0 Å². The molecule has 1 amide bonds. The molecule has 0 radical (unpaired) electrons. The van der Waals surface area contributed by atoms with E-state index in [0.717, 1.165) is 13.0 Å². The highest BCUT2D eigenvalue weighted by Gasteiger charge is 2.29. The highest BCUT2D eigenvalue weighted by molar-refractivity contribution is 5.78. The van der Waals surface area contributed by atoms with Gasteiger partial charge in [0.25, 0.3) is 0 Å². The first-order valence-electron chi connectivity index (χ1n) is 10.4. The summed E-state index contributed by atoms with van der Waals surface area (Å²) in [4.78, 5) is 15.3. The Morgan fingerprint density at radius 1 is 1.00 bits per heavy atom. The Hall–Kier alpha value is -2.88. The zero-order valence-corrected chi connectivity index (χ0v) is 17.5. The molecule has 0 saturated carbocycles. The van der Waals surface area contributed by atoms with Crippen molar-refractivity contribution in [1.82, 2.24) is 14.7 Å². The molecule has 0 N–H and O–H groups in total. The van der Waals surface area contributed by atoms with E-state index in [1.54, 1.807) is 0 Å². The second-order valence-corrected chi connectivity index (χ2v) is 8.84. The fraction of sp³-hybridized carbons (Fsp3) is 0.360. The van der Waals surface area contributed by atoms with Crippen molar-refractivity contribution in [3.63, 3.8) is 0 Å². The summed E-state index contributed by atoms with van der Waals surface area (Å²) in [5.74, 6) is 0.278. The summed E-state index contributed by atoms with van der Waals surface area (Å²) in [5.41, 5.74) is 4.78. The van der Waals surface area contributed by atoms with Gasteiger partial charge in [0, 0.05) is 43.1 Å². The van der Waals surface area contributed by atoms with Crippen molar-refractivity contribution in [2.75, 3.05) is 6.54 Å². The van der Waals surface area contributed by atoms with Crippen LogP contribution in [0.1, 0.15) is 55.5 Å². The molecule has 0 unspecified atom stereocenters. The maximum atomic E-state index is 13.3. The molecule has 0 saturated heterocycles. The fourth-order valence-corrected chi connectivity index (χ4v) is 4.23. The largest absolute Gasteiger partial charge is 0.338 e. The van der Waals surface area contributed by atoms with E-state index in [-0.39, 0.29) is 17.4 Å². The molecule has 0 bridgehead atoms. The number of rotatable bonds is 4. The van der Waals surface area contributed by atoms with Gasteiger partial charge in [0.1, 0.15) is 0 Å². The Bertz CT molecular complexity index is 931. The van der Waals surface area contributed by atoms with E-state index in [9.17, 15) is 4.79 Å². The Morgan fingerprint density at radius 3 is 2.14 bits per heavy atom. The SMILES string of the molecule is CC(C)(C)n1ncc2c1CCN(C(=O)CC(c1ccccc1)c1ccccc1)C2. The van der Waals surface area contributed by atoms with Gasteiger partial charge in [-0.2, -0.15) is 5.10 Å². The van der Waals surface area contributed by atoms with Crippen LogP contribution >= 0.6 is 0 Å². The number of carbonyl (C=O) groups excluding carboxylic acids is 1. The number of amides is 1. The molecule has 1 aliphatic heterocycles. The molecule has 0 aliphatic carbocycles. The molecule has 2 aromatic carbocycles. The lowest BCUT2D eigenvalue weighted by molar-refractivity contribution is -0.132. The maximum absolute atomic E-state index is 13.3. The van der Waals surface area contributed by atoms with E-state index in [0.29, 0.717) is 13.0 Å². The standard InChI is InChI=1S/C25H29N3O/c1-25(2,3)28-23-14-15-27(18-21(23)17-26-28)24(29)16-22(19-10-6-4-7-11-19)20-12-8-5-9-13-20/h4-13,17,22H,14-16,18H2,1-3H3. The van der Waals surface area contributed by atoms with Crippen molar-refractivity contribution in [2.24, 2.45) is 0 Å². The van der Waals surface area contributed by atoms with Crippen LogP contribution in [0.2, 0.25) is 0 Å². The normalized spacial score (nSPS) is 14.1. The van der Waals surface area contributed by atoms with Gasteiger partial charge in [0.2, 0.25) is 5.91 Å². The summed E-state index contributed by atoms with van der Waals surface area (Å²) in [6.07, 6.45) is 3.28. The van der Waals surface area contributed by atoms with Gasteiger partial charge >= 0.3 is 0 Å². The van der Waals surface area contributed by atoms with Gasteiger partial charge in [-0.05, 0) is 31.9 Å². The molecule has 1 aromatic heterocycles. The van der Waals surface area contributed by atoms with E-state index in [1.807, 2.05) is 47.5 Å². The number of benzene rings is 2. The number of nitrogens with zero attached hydrogens (tertiary/aromatic N) is 3. The van der Waals surface area contributed by atoms with Crippen LogP contribution in [0.5, 0.6) is 0 Å². The lowest BCUT2D eigenvalue weighted by Crippen LogP contribution is -2.38. The zero-order valence-electron chi connectivity index (χ0n) is 17.5. The Labute approximate surface area is 173 Å². The van der Waals surface area contributed by atoms with Crippen molar-refractivity contribution < 1.29 is 4.79 Å². The van der Waals surface area contributed by atoms with E-state index in [4.69, 9.17) is 0 Å². The summed E-state index contributed by atoms with van der Waals surface area (Å²) in [5, 5.41) is 4.60. The molecule has 2 heterocycles. The molecule has 150 valence electrons. The summed E-state index contributed by atoms with van der Waals surface area (Å²) in [7, 11) is 0. The lowest BCUT2D eigenvalue weighted by Gasteiger charge is -2.31. The molecule has 4 rings (SSSR count). The summed E-state index contributed by atoms with van der Waals surface area (Å²) >= 11 is 0. The average molecular weight is 388 g/mol. The highest BCUT2D eigenvalue weighted by Crippen LogP contribution is 2.30. The van der Waals surface area contributed by atoms with E-state index < -0.39 is 0 Å². The van der Waals surface area contributed by atoms with Gasteiger partial charge in [0.15, 0.2) is 0 Å². The molecule has 0 spiro atoms. The van der Waals surface area contributed by atoms with Crippen LogP contribution in [-0.4, -0.2) is 27.1 Å². The first-order valence-corrected chi connectivity index (χ1v) is 10.4. The third-order valence-electron chi connectivity index (χ3n) is 5.71. The second-order valence-electron chi connectivity index (χ2n) is 8.84. The molecular weight excluding hydrogens is 358 g/mol. The molecule has 4 nitrogen and oxygen atoms in total. The molecule has 3 aromatic rings. The predicted octanol–water partition coefficient (Wildman–Crippen LogP) is 4.75. The van der Waals surface area contributed by atoms with E-state index >= 15 is 0 Å². The van der Waals surface area contributed by atoms with Gasteiger partial charge in [-0.25, -0.2) is 0 Å². The highest BCUT2D eigenvalue weighted by atomic mass is 16.2. The zero-order chi connectivity index (χ0) is 20.4. The fourth-order valence-electron chi connectivity index (χ4n) is 4.23. The number of fused-ring (bicyclic) bond motifs is 1. The van der Waals surface area contributed by atoms with Gasteiger partial charge in [0.05, 0.1) is 11.7 Å². The quantitative estimate of drug-likeness (QED) is 0.648. The van der Waals surface area contributed by atoms with Crippen molar-refractivity contribution >= 4 is 5.91 Å². The van der Waals surface area contributed by atoms with Gasteiger partial charge in [-0.3, -0.25) is 9.48 Å². The van der Waals surface area contributed by atoms with Crippen LogP contribution in [0.15, 0.2) is 66.9 Å². The van der Waals surface area contributed by atoms with E-state index in [2.05, 4.69) is 54.8 Å². The topological polar surface area (TPSA) is 38.1 Å². The molecule has 0 fully saturated rings. The van der Waals surface area contributed by atoms with Crippen molar-refractivity contribution in [3.8, 4) is 0 Å². The molecule has 29 heavy (non-hydrogen) atoms. The average Bonchev–Trinajstić information content (AvgIpc) is 3.17. The Morgan fingerprint density at radius 2 is 1.59 bits per heavy atom.